The van der Waals surface area contributed by atoms with Crippen LogP contribution in [-0.2, 0) is 5.54 Å². The molecular weight excluding hydrogens is 244 g/mol. The predicted molar refractivity (Wildman–Crippen MR) is 61.5 cm³/mol. The molecule has 0 saturated heterocycles. The number of rotatable bonds is 2. The Morgan fingerprint density at radius 3 is 2.71 bits per heavy atom. The van der Waals surface area contributed by atoms with Gasteiger partial charge in [0.15, 0.2) is 17.9 Å². The van der Waals surface area contributed by atoms with Crippen LogP contribution in [0.1, 0.15) is 30.8 Å². The largest absolute Gasteiger partial charge is 0.448 e. The molecule has 0 radical (unpaired) electrons. The zero-order chi connectivity index (χ0) is 11.2. The van der Waals surface area contributed by atoms with Crippen molar-refractivity contribution in [2.75, 3.05) is 0 Å². The Hall–Kier alpha value is -1.40. The highest BCUT2D eigenvalue weighted by molar-refractivity contribution is 5.85. The average Bonchev–Trinajstić information content (AvgIpc) is 2.82. The lowest BCUT2D eigenvalue weighted by Gasteiger charge is -2.34. The summed E-state index contributed by atoms with van der Waals surface area (Å²) in [6, 6.07) is 0. The number of halogens is 1. The van der Waals surface area contributed by atoms with E-state index in [1.54, 1.807) is 6.92 Å². The van der Waals surface area contributed by atoms with Crippen molar-refractivity contribution in [3.8, 4) is 11.6 Å². The molecule has 6 nitrogen and oxygen atoms in total. The summed E-state index contributed by atoms with van der Waals surface area (Å²) >= 11 is 0. The maximum atomic E-state index is 6.10. The van der Waals surface area contributed by atoms with E-state index in [2.05, 4.69) is 15.1 Å². The van der Waals surface area contributed by atoms with E-state index in [0.29, 0.717) is 23.2 Å². The Morgan fingerprint density at radius 2 is 2.18 bits per heavy atom. The first kappa shape index (κ1) is 12.1. The molecule has 2 aromatic heterocycles. The molecule has 2 N–H and O–H groups in total. The molecule has 17 heavy (non-hydrogen) atoms. The van der Waals surface area contributed by atoms with Gasteiger partial charge in [-0.05, 0) is 26.2 Å². The third kappa shape index (κ3) is 1.83. The SMILES string of the molecule is Cc1ocnc1-c1nc(C2(N)CCC2)no1.Cl. The number of nitrogens with two attached hydrogens (primary N) is 1. The van der Waals surface area contributed by atoms with Crippen LogP contribution in [0.3, 0.4) is 0 Å². The lowest BCUT2D eigenvalue weighted by Crippen LogP contribution is -2.44. The number of nitrogens with zero attached hydrogens (tertiary/aromatic N) is 3. The van der Waals surface area contributed by atoms with Gasteiger partial charge in [-0.3, -0.25) is 0 Å². The number of hydrogen-bond acceptors (Lipinski definition) is 6. The van der Waals surface area contributed by atoms with Crippen molar-refractivity contribution in [2.45, 2.75) is 31.7 Å². The summed E-state index contributed by atoms with van der Waals surface area (Å²) in [5.41, 5.74) is 6.28. The Morgan fingerprint density at radius 1 is 1.41 bits per heavy atom. The molecule has 92 valence electrons. The van der Waals surface area contributed by atoms with Gasteiger partial charge in [0.25, 0.3) is 5.89 Å². The number of oxazole rings is 1. The lowest BCUT2D eigenvalue weighted by atomic mass is 9.77. The van der Waals surface area contributed by atoms with Crippen LogP contribution in [0, 0.1) is 6.92 Å². The van der Waals surface area contributed by atoms with Crippen molar-refractivity contribution >= 4 is 12.4 Å². The minimum Gasteiger partial charge on any atom is -0.448 e. The first-order valence-corrected chi connectivity index (χ1v) is 5.22. The zero-order valence-electron chi connectivity index (χ0n) is 9.34. The molecule has 0 atom stereocenters. The Balaban J connectivity index is 0.00000108. The highest BCUT2D eigenvalue weighted by atomic mass is 35.5. The summed E-state index contributed by atoms with van der Waals surface area (Å²) in [6.45, 7) is 1.80. The van der Waals surface area contributed by atoms with E-state index in [0.717, 1.165) is 19.3 Å². The quantitative estimate of drug-likeness (QED) is 0.881. The molecule has 2 aromatic rings. The monoisotopic (exact) mass is 256 g/mol. The van der Waals surface area contributed by atoms with E-state index in [4.69, 9.17) is 14.7 Å². The van der Waals surface area contributed by atoms with Crippen LogP contribution in [0.2, 0.25) is 0 Å². The van der Waals surface area contributed by atoms with E-state index in [1.807, 2.05) is 0 Å². The van der Waals surface area contributed by atoms with Crippen molar-refractivity contribution in [3.05, 3.63) is 18.0 Å². The second-order valence-electron chi connectivity index (χ2n) is 4.19. The topological polar surface area (TPSA) is 91.0 Å². The Bertz CT molecular complexity index is 518. The lowest BCUT2D eigenvalue weighted by molar-refractivity contribution is 0.229. The number of hydrogen-bond donors (Lipinski definition) is 1. The summed E-state index contributed by atoms with van der Waals surface area (Å²) in [5.74, 6) is 1.60. The zero-order valence-corrected chi connectivity index (χ0v) is 10.2. The van der Waals surface area contributed by atoms with Crippen LogP contribution < -0.4 is 5.73 Å². The van der Waals surface area contributed by atoms with Gasteiger partial charge in [0, 0.05) is 0 Å². The molecule has 0 amide bonds. The molecule has 0 unspecified atom stereocenters. The molecule has 1 saturated carbocycles. The summed E-state index contributed by atoms with van der Waals surface area (Å²) in [4.78, 5) is 8.30. The van der Waals surface area contributed by atoms with Crippen LogP contribution in [0.5, 0.6) is 0 Å². The van der Waals surface area contributed by atoms with Crippen molar-refractivity contribution in [2.24, 2.45) is 5.73 Å². The van der Waals surface area contributed by atoms with Gasteiger partial charge in [-0.15, -0.1) is 12.4 Å². The second-order valence-corrected chi connectivity index (χ2v) is 4.19. The Kier molecular flexibility index (Phi) is 2.92. The fraction of sp³-hybridized carbons (Fsp3) is 0.500. The third-order valence-corrected chi connectivity index (χ3v) is 3.06. The van der Waals surface area contributed by atoms with Crippen LogP contribution in [0.25, 0.3) is 11.6 Å². The molecule has 3 rings (SSSR count). The highest BCUT2D eigenvalue weighted by Gasteiger charge is 2.39. The van der Waals surface area contributed by atoms with E-state index >= 15 is 0 Å². The molecule has 0 aromatic carbocycles. The normalized spacial score (nSPS) is 17.3. The van der Waals surface area contributed by atoms with Crippen LogP contribution >= 0.6 is 12.4 Å². The molecule has 0 bridgehead atoms. The molecule has 2 heterocycles. The van der Waals surface area contributed by atoms with Gasteiger partial charge in [0.2, 0.25) is 0 Å². The van der Waals surface area contributed by atoms with E-state index in [1.165, 1.54) is 6.39 Å². The summed E-state index contributed by atoms with van der Waals surface area (Å²) < 4.78 is 10.2. The van der Waals surface area contributed by atoms with Gasteiger partial charge in [0.05, 0.1) is 5.54 Å². The molecule has 1 aliphatic rings. The average molecular weight is 257 g/mol. The molecule has 7 heteroatoms. The van der Waals surface area contributed by atoms with Crippen molar-refractivity contribution in [1.82, 2.24) is 15.1 Å². The van der Waals surface area contributed by atoms with Crippen LogP contribution in [-0.4, -0.2) is 15.1 Å². The molecular formula is C10H13ClN4O2. The maximum absolute atomic E-state index is 6.10. The minimum absolute atomic E-state index is 0. The predicted octanol–water partition coefficient (Wildman–Crippen LogP) is 1.79. The second kappa shape index (κ2) is 4.12. The van der Waals surface area contributed by atoms with Crippen molar-refractivity contribution in [1.29, 1.82) is 0 Å². The van der Waals surface area contributed by atoms with Gasteiger partial charge >= 0.3 is 0 Å². The van der Waals surface area contributed by atoms with Crippen LogP contribution in [0.4, 0.5) is 0 Å². The van der Waals surface area contributed by atoms with Crippen LogP contribution in [0.15, 0.2) is 15.3 Å². The summed E-state index contributed by atoms with van der Waals surface area (Å²) in [6.07, 6.45) is 4.28. The van der Waals surface area contributed by atoms with Gasteiger partial charge in [-0.2, -0.15) is 4.98 Å². The number of aryl methyl sites for hydroxylation is 1. The fourth-order valence-electron chi connectivity index (χ4n) is 1.81. The Labute approximate surface area is 104 Å². The summed E-state index contributed by atoms with van der Waals surface area (Å²) in [5, 5.41) is 3.91. The molecule has 0 aliphatic heterocycles. The fourth-order valence-corrected chi connectivity index (χ4v) is 1.81. The minimum atomic E-state index is -0.403. The third-order valence-electron chi connectivity index (χ3n) is 3.06. The maximum Gasteiger partial charge on any atom is 0.280 e. The first-order valence-electron chi connectivity index (χ1n) is 5.22. The van der Waals surface area contributed by atoms with E-state index in [-0.39, 0.29) is 12.4 Å². The van der Waals surface area contributed by atoms with Crippen molar-refractivity contribution < 1.29 is 8.94 Å². The standard InChI is InChI=1S/C10H12N4O2.ClH/c1-6-7(12-5-15-6)8-13-9(14-16-8)10(11)3-2-4-10;/h5H,2-4,11H2,1H3;1H. The van der Waals surface area contributed by atoms with E-state index in [9.17, 15) is 0 Å². The van der Waals surface area contributed by atoms with Gasteiger partial charge in [-0.25, -0.2) is 4.98 Å². The first-order chi connectivity index (χ1) is 7.69. The van der Waals surface area contributed by atoms with Gasteiger partial charge < -0.3 is 14.7 Å². The molecule has 0 spiro atoms. The molecule has 1 fully saturated rings. The van der Waals surface area contributed by atoms with Crippen molar-refractivity contribution in [3.63, 3.8) is 0 Å². The van der Waals surface area contributed by atoms with Gasteiger partial charge in [0.1, 0.15) is 5.76 Å². The molecule has 1 aliphatic carbocycles. The summed E-state index contributed by atoms with van der Waals surface area (Å²) in [7, 11) is 0. The van der Waals surface area contributed by atoms with E-state index < -0.39 is 5.54 Å². The number of aromatic nitrogens is 3. The smallest absolute Gasteiger partial charge is 0.280 e. The highest BCUT2D eigenvalue weighted by Crippen LogP contribution is 2.37. The van der Waals surface area contributed by atoms with Gasteiger partial charge in [-0.1, -0.05) is 5.16 Å².